The molecule has 1 aliphatic heterocycles. The Bertz CT molecular complexity index is 284. The number of aliphatic hydroxyl groups excluding tert-OH is 1. The summed E-state index contributed by atoms with van der Waals surface area (Å²) in [6.45, 7) is 4.03. The Hall–Kier alpha value is -0.610. The molecule has 1 saturated heterocycles. The van der Waals surface area contributed by atoms with Crippen molar-refractivity contribution in [2.75, 3.05) is 19.6 Å². The third-order valence-electron chi connectivity index (χ3n) is 4.59. The number of rotatable bonds is 3. The maximum absolute atomic E-state index is 12.2. The molecule has 2 aliphatic rings. The number of amides is 1. The van der Waals surface area contributed by atoms with Crippen LogP contribution in [0.4, 0.5) is 0 Å². The zero-order valence-corrected chi connectivity index (χ0v) is 10.7. The Morgan fingerprint density at radius 1 is 1.53 bits per heavy atom. The van der Waals surface area contributed by atoms with E-state index < -0.39 is 0 Å². The molecule has 0 aromatic heterocycles. The first-order chi connectivity index (χ1) is 8.06. The molecule has 0 radical (unpaired) electrons. The summed E-state index contributed by atoms with van der Waals surface area (Å²) in [6.07, 6.45) is 4.47. The fourth-order valence-corrected chi connectivity index (χ4v) is 2.92. The average Bonchev–Trinajstić information content (AvgIpc) is 2.27. The Labute approximate surface area is 103 Å². The zero-order valence-electron chi connectivity index (χ0n) is 10.7. The lowest BCUT2D eigenvalue weighted by atomic mass is 9.66. The highest BCUT2D eigenvalue weighted by atomic mass is 16.3. The van der Waals surface area contributed by atoms with Crippen LogP contribution in [0.5, 0.6) is 0 Å². The number of aliphatic hydroxyl groups is 1. The topological polar surface area (TPSA) is 66.6 Å². The summed E-state index contributed by atoms with van der Waals surface area (Å²) in [5.74, 6) is 0.428. The minimum Gasteiger partial charge on any atom is -0.393 e. The maximum Gasteiger partial charge on any atom is 0.223 e. The number of nitrogens with zero attached hydrogens (tertiary/aromatic N) is 1. The number of nitrogens with two attached hydrogens (primary N) is 1. The first-order valence-corrected chi connectivity index (χ1v) is 6.72. The smallest absolute Gasteiger partial charge is 0.223 e. The van der Waals surface area contributed by atoms with Gasteiger partial charge in [0.15, 0.2) is 0 Å². The lowest BCUT2D eigenvalue weighted by molar-refractivity contribution is -0.138. The standard InChI is InChI=1S/C13H24N2O2/c1-10-8-15(6-3-11(10)16)12(17)7-13(9-14)4-2-5-13/h10-11,16H,2-9,14H2,1H3. The van der Waals surface area contributed by atoms with E-state index in [4.69, 9.17) is 5.73 Å². The van der Waals surface area contributed by atoms with E-state index >= 15 is 0 Å². The minimum atomic E-state index is -0.244. The predicted molar refractivity (Wildman–Crippen MR) is 66.3 cm³/mol. The molecule has 1 heterocycles. The molecular weight excluding hydrogens is 216 g/mol. The molecule has 1 aliphatic carbocycles. The number of hydrogen-bond donors (Lipinski definition) is 2. The first kappa shape index (κ1) is 12.8. The van der Waals surface area contributed by atoms with Crippen molar-refractivity contribution >= 4 is 5.91 Å². The van der Waals surface area contributed by atoms with E-state index in [1.165, 1.54) is 6.42 Å². The van der Waals surface area contributed by atoms with Crippen molar-refractivity contribution in [3.63, 3.8) is 0 Å². The maximum atomic E-state index is 12.2. The molecule has 2 atom stereocenters. The second-order valence-corrected chi connectivity index (χ2v) is 5.91. The van der Waals surface area contributed by atoms with Crippen LogP contribution in [0.15, 0.2) is 0 Å². The normalized spacial score (nSPS) is 32.1. The number of carbonyl (C=O) groups is 1. The molecule has 4 nitrogen and oxygen atoms in total. The molecule has 0 spiro atoms. The molecule has 1 saturated carbocycles. The molecule has 17 heavy (non-hydrogen) atoms. The number of piperidine rings is 1. The Morgan fingerprint density at radius 2 is 2.24 bits per heavy atom. The first-order valence-electron chi connectivity index (χ1n) is 6.72. The van der Waals surface area contributed by atoms with E-state index in [-0.39, 0.29) is 23.3 Å². The van der Waals surface area contributed by atoms with Gasteiger partial charge in [0, 0.05) is 19.5 Å². The van der Waals surface area contributed by atoms with E-state index in [1.807, 2.05) is 11.8 Å². The summed E-state index contributed by atoms with van der Waals surface area (Å²) in [6, 6.07) is 0. The molecule has 4 heteroatoms. The van der Waals surface area contributed by atoms with Gasteiger partial charge in [0.1, 0.15) is 0 Å². The zero-order chi connectivity index (χ0) is 12.5. The molecule has 98 valence electrons. The monoisotopic (exact) mass is 240 g/mol. The molecule has 0 aromatic carbocycles. The van der Waals surface area contributed by atoms with E-state index in [0.717, 1.165) is 12.8 Å². The summed E-state index contributed by atoms with van der Waals surface area (Å²) >= 11 is 0. The molecule has 2 rings (SSSR count). The fraction of sp³-hybridized carbons (Fsp3) is 0.923. The van der Waals surface area contributed by atoms with Gasteiger partial charge in [-0.15, -0.1) is 0 Å². The second kappa shape index (κ2) is 4.94. The van der Waals surface area contributed by atoms with Gasteiger partial charge in [0.05, 0.1) is 6.10 Å². The van der Waals surface area contributed by atoms with Gasteiger partial charge in [-0.25, -0.2) is 0 Å². The van der Waals surface area contributed by atoms with Crippen LogP contribution in [0.25, 0.3) is 0 Å². The third kappa shape index (κ3) is 2.63. The average molecular weight is 240 g/mol. The van der Waals surface area contributed by atoms with Gasteiger partial charge >= 0.3 is 0 Å². The van der Waals surface area contributed by atoms with Crippen LogP contribution >= 0.6 is 0 Å². The van der Waals surface area contributed by atoms with Gasteiger partial charge < -0.3 is 15.7 Å². The van der Waals surface area contributed by atoms with Gasteiger partial charge in [-0.1, -0.05) is 13.3 Å². The quantitative estimate of drug-likeness (QED) is 0.764. The van der Waals surface area contributed by atoms with Gasteiger partial charge in [-0.3, -0.25) is 4.79 Å². The van der Waals surface area contributed by atoms with Crippen LogP contribution < -0.4 is 5.73 Å². The highest BCUT2D eigenvalue weighted by Gasteiger charge is 2.39. The van der Waals surface area contributed by atoms with Crippen LogP contribution in [0.1, 0.15) is 39.0 Å². The van der Waals surface area contributed by atoms with E-state index in [0.29, 0.717) is 32.5 Å². The van der Waals surface area contributed by atoms with Gasteiger partial charge in [-0.2, -0.15) is 0 Å². The largest absolute Gasteiger partial charge is 0.393 e. The summed E-state index contributed by atoms with van der Waals surface area (Å²) < 4.78 is 0. The molecule has 2 fully saturated rings. The SMILES string of the molecule is CC1CN(C(=O)CC2(CN)CCC2)CCC1O. The van der Waals surface area contributed by atoms with Crippen molar-refractivity contribution in [1.82, 2.24) is 4.90 Å². The van der Waals surface area contributed by atoms with E-state index in [1.54, 1.807) is 0 Å². The van der Waals surface area contributed by atoms with Crippen molar-refractivity contribution in [3.8, 4) is 0 Å². The van der Waals surface area contributed by atoms with Crippen molar-refractivity contribution in [3.05, 3.63) is 0 Å². The highest BCUT2D eigenvalue weighted by molar-refractivity contribution is 5.77. The molecule has 1 amide bonds. The number of likely N-dealkylation sites (tertiary alicyclic amines) is 1. The molecule has 0 bridgehead atoms. The summed E-state index contributed by atoms with van der Waals surface area (Å²) in [4.78, 5) is 14.1. The molecule has 3 N–H and O–H groups in total. The van der Waals surface area contributed by atoms with Crippen LogP contribution in [-0.4, -0.2) is 41.7 Å². The molecular formula is C13H24N2O2. The summed E-state index contributed by atoms with van der Waals surface area (Å²) in [5, 5.41) is 9.66. The second-order valence-electron chi connectivity index (χ2n) is 5.91. The Kier molecular flexibility index (Phi) is 3.73. The van der Waals surface area contributed by atoms with Crippen LogP contribution in [0, 0.1) is 11.3 Å². The summed E-state index contributed by atoms with van der Waals surface area (Å²) in [7, 11) is 0. The lowest BCUT2D eigenvalue weighted by Gasteiger charge is -2.43. The lowest BCUT2D eigenvalue weighted by Crippen LogP contribution is -2.48. The number of hydrogen-bond acceptors (Lipinski definition) is 3. The Balaban J connectivity index is 1.88. The van der Waals surface area contributed by atoms with Gasteiger partial charge in [-0.05, 0) is 37.1 Å². The predicted octanol–water partition coefficient (Wildman–Crippen LogP) is 0.735. The van der Waals surface area contributed by atoms with Crippen molar-refractivity contribution in [2.45, 2.75) is 45.1 Å². The van der Waals surface area contributed by atoms with Gasteiger partial charge in [0.2, 0.25) is 5.91 Å². The third-order valence-corrected chi connectivity index (χ3v) is 4.59. The van der Waals surface area contributed by atoms with E-state index in [2.05, 4.69) is 0 Å². The highest BCUT2D eigenvalue weighted by Crippen LogP contribution is 2.43. The number of carbonyl (C=O) groups excluding carboxylic acids is 1. The van der Waals surface area contributed by atoms with Gasteiger partial charge in [0.25, 0.3) is 0 Å². The Morgan fingerprint density at radius 3 is 2.71 bits per heavy atom. The van der Waals surface area contributed by atoms with Crippen LogP contribution in [0.2, 0.25) is 0 Å². The molecule has 0 aromatic rings. The minimum absolute atomic E-state index is 0.0936. The molecule has 2 unspecified atom stereocenters. The van der Waals surface area contributed by atoms with Crippen molar-refractivity contribution in [2.24, 2.45) is 17.1 Å². The summed E-state index contributed by atoms with van der Waals surface area (Å²) in [5.41, 5.74) is 5.88. The van der Waals surface area contributed by atoms with Crippen molar-refractivity contribution < 1.29 is 9.90 Å². The van der Waals surface area contributed by atoms with Crippen LogP contribution in [-0.2, 0) is 4.79 Å². The fourth-order valence-electron chi connectivity index (χ4n) is 2.92. The van der Waals surface area contributed by atoms with Crippen molar-refractivity contribution in [1.29, 1.82) is 0 Å². The van der Waals surface area contributed by atoms with Crippen LogP contribution in [0.3, 0.4) is 0 Å². The van der Waals surface area contributed by atoms with E-state index in [9.17, 15) is 9.90 Å².